The number of amides is 2. The van der Waals surface area contributed by atoms with Crippen LogP contribution in [0.15, 0.2) is 103 Å². The van der Waals surface area contributed by atoms with Gasteiger partial charge in [-0.05, 0) is 53.9 Å². The Hall–Kier alpha value is -5.09. The predicted molar refractivity (Wildman–Crippen MR) is 154 cm³/mol. The lowest BCUT2D eigenvalue weighted by Gasteiger charge is -2.19. The fraction of sp³-hybridized carbons (Fsp3) is 0.182. The molecule has 0 fully saturated rings. The van der Waals surface area contributed by atoms with Gasteiger partial charge in [0.25, 0.3) is 0 Å². The summed E-state index contributed by atoms with van der Waals surface area (Å²) < 4.78 is 12.0. The lowest BCUT2D eigenvalue weighted by atomic mass is 10.0. The standard InChI is InChI=1S/C33H31N3O4/c1-24(36-33(38)21-26-11-6-3-7-12-26)40-31-16-15-27(23-34)19-30(31)28-13-8-14-29(22-28)39-18-17-35-32(37)20-25-9-4-2-5-10-25/h2-16,19,22,24H,17-18,20-21H2,1H3,(H,35,37)(H,36,38). The van der Waals surface area contributed by atoms with Gasteiger partial charge in [0, 0.05) is 5.56 Å². The zero-order valence-electron chi connectivity index (χ0n) is 22.3. The average molecular weight is 534 g/mol. The Bertz CT molecular complexity index is 1470. The molecule has 7 heteroatoms. The molecule has 4 rings (SSSR count). The minimum atomic E-state index is -0.596. The molecule has 0 radical (unpaired) electrons. The summed E-state index contributed by atoms with van der Waals surface area (Å²) >= 11 is 0. The molecular formula is C33H31N3O4. The van der Waals surface area contributed by atoms with Crippen LogP contribution in [0.4, 0.5) is 0 Å². The third kappa shape index (κ3) is 8.47. The molecule has 0 saturated heterocycles. The Balaban J connectivity index is 1.36. The maximum Gasteiger partial charge on any atom is 0.227 e. The highest BCUT2D eigenvalue weighted by atomic mass is 16.5. The highest BCUT2D eigenvalue weighted by Gasteiger charge is 2.14. The van der Waals surface area contributed by atoms with E-state index in [1.54, 1.807) is 25.1 Å². The van der Waals surface area contributed by atoms with Crippen LogP contribution in [0.2, 0.25) is 0 Å². The fourth-order valence-corrected chi connectivity index (χ4v) is 4.16. The van der Waals surface area contributed by atoms with Crippen molar-refractivity contribution in [1.82, 2.24) is 10.6 Å². The van der Waals surface area contributed by atoms with Crippen molar-refractivity contribution in [2.75, 3.05) is 13.2 Å². The van der Waals surface area contributed by atoms with E-state index in [1.165, 1.54) is 0 Å². The Morgan fingerprint density at radius 2 is 1.50 bits per heavy atom. The van der Waals surface area contributed by atoms with Gasteiger partial charge in [-0.1, -0.05) is 72.8 Å². The van der Waals surface area contributed by atoms with E-state index in [-0.39, 0.29) is 18.2 Å². The number of rotatable bonds is 12. The maximum atomic E-state index is 12.5. The van der Waals surface area contributed by atoms with Crippen LogP contribution in [-0.4, -0.2) is 31.2 Å². The third-order valence-corrected chi connectivity index (χ3v) is 6.03. The molecule has 0 spiro atoms. The second kappa shape index (κ2) is 14.2. The maximum absolute atomic E-state index is 12.5. The van der Waals surface area contributed by atoms with Gasteiger partial charge in [-0.15, -0.1) is 0 Å². The number of hydrogen-bond acceptors (Lipinski definition) is 5. The summed E-state index contributed by atoms with van der Waals surface area (Å²) in [4.78, 5) is 24.7. The molecule has 0 aliphatic carbocycles. The molecule has 2 amide bonds. The van der Waals surface area contributed by atoms with Gasteiger partial charge in [-0.25, -0.2) is 0 Å². The molecule has 0 aromatic heterocycles. The fourth-order valence-electron chi connectivity index (χ4n) is 4.16. The highest BCUT2D eigenvalue weighted by Crippen LogP contribution is 2.33. The minimum absolute atomic E-state index is 0.0661. The first-order chi connectivity index (χ1) is 19.5. The molecule has 2 N–H and O–H groups in total. The SMILES string of the molecule is CC(NC(=O)Cc1ccccc1)Oc1ccc(C#N)cc1-c1cccc(OCCNC(=O)Cc2ccccc2)c1. The molecule has 40 heavy (non-hydrogen) atoms. The molecule has 4 aromatic rings. The summed E-state index contributed by atoms with van der Waals surface area (Å²) in [7, 11) is 0. The van der Waals surface area contributed by atoms with E-state index < -0.39 is 6.23 Å². The molecule has 202 valence electrons. The normalized spacial score (nSPS) is 11.1. The number of nitrogens with one attached hydrogen (secondary N) is 2. The molecule has 0 aliphatic heterocycles. The molecular weight excluding hydrogens is 502 g/mol. The van der Waals surface area contributed by atoms with Crippen molar-refractivity contribution in [1.29, 1.82) is 5.26 Å². The van der Waals surface area contributed by atoms with Crippen LogP contribution in [0.1, 0.15) is 23.6 Å². The van der Waals surface area contributed by atoms with Gasteiger partial charge in [0.2, 0.25) is 11.8 Å². The van der Waals surface area contributed by atoms with Crippen LogP contribution in [0.5, 0.6) is 11.5 Å². The first-order valence-electron chi connectivity index (χ1n) is 13.1. The van der Waals surface area contributed by atoms with Crippen molar-refractivity contribution in [3.8, 4) is 28.7 Å². The number of nitrogens with zero attached hydrogens (tertiary/aromatic N) is 1. The third-order valence-electron chi connectivity index (χ3n) is 6.03. The first kappa shape index (κ1) is 27.9. The smallest absolute Gasteiger partial charge is 0.227 e. The number of nitriles is 1. The Morgan fingerprint density at radius 1 is 0.825 bits per heavy atom. The van der Waals surface area contributed by atoms with Gasteiger partial charge in [0.15, 0.2) is 6.23 Å². The number of ether oxygens (including phenoxy) is 2. The van der Waals surface area contributed by atoms with E-state index in [2.05, 4.69) is 16.7 Å². The Labute approximate surface area is 234 Å². The molecule has 4 aromatic carbocycles. The van der Waals surface area contributed by atoms with E-state index in [0.717, 1.165) is 16.7 Å². The topological polar surface area (TPSA) is 100 Å². The van der Waals surface area contributed by atoms with Crippen molar-refractivity contribution in [2.24, 2.45) is 0 Å². The van der Waals surface area contributed by atoms with Crippen molar-refractivity contribution < 1.29 is 19.1 Å². The summed E-state index contributed by atoms with van der Waals surface area (Å²) in [5.74, 6) is 0.924. The van der Waals surface area contributed by atoms with Crippen molar-refractivity contribution >= 4 is 11.8 Å². The lowest BCUT2D eigenvalue weighted by Crippen LogP contribution is -2.37. The summed E-state index contributed by atoms with van der Waals surface area (Å²) in [5, 5.41) is 15.2. The molecule has 1 atom stereocenters. The van der Waals surface area contributed by atoms with Gasteiger partial charge >= 0.3 is 0 Å². The average Bonchev–Trinajstić information content (AvgIpc) is 2.96. The molecule has 0 heterocycles. The number of hydrogen-bond donors (Lipinski definition) is 2. The second-order valence-electron chi connectivity index (χ2n) is 9.20. The van der Waals surface area contributed by atoms with Crippen molar-refractivity contribution in [3.63, 3.8) is 0 Å². The predicted octanol–water partition coefficient (Wildman–Crippen LogP) is 5.05. The molecule has 0 aliphatic rings. The summed E-state index contributed by atoms with van der Waals surface area (Å²) in [6, 6.07) is 33.8. The second-order valence-corrected chi connectivity index (χ2v) is 9.20. The van der Waals surface area contributed by atoms with E-state index in [0.29, 0.717) is 42.2 Å². The van der Waals surface area contributed by atoms with E-state index in [4.69, 9.17) is 9.47 Å². The minimum Gasteiger partial charge on any atom is -0.492 e. The van der Waals surface area contributed by atoms with Crippen LogP contribution < -0.4 is 20.1 Å². The Kier molecular flexibility index (Phi) is 9.89. The van der Waals surface area contributed by atoms with Gasteiger partial charge < -0.3 is 20.1 Å². The van der Waals surface area contributed by atoms with Crippen molar-refractivity contribution in [2.45, 2.75) is 26.0 Å². The van der Waals surface area contributed by atoms with E-state index >= 15 is 0 Å². The van der Waals surface area contributed by atoms with Crippen LogP contribution in [0.3, 0.4) is 0 Å². The molecule has 7 nitrogen and oxygen atoms in total. The van der Waals surface area contributed by atoms with Gasteiger partial charge in [0.1, 0.15) is 18.1 Å². The number of carbonyl (C=O) groups excluding carboxylic acids is 2. The van der Waals surface area contributed by atoms with Crippen LogP contribution in [0, 0.1) is 11.3 Å². The summed E-state index contributed by atoms with van der Waals surface area (Å²) in [6.45, 7) is 2.43. The quantitative estimate of drug-likeness (QED) is 0.196. The van der Waals surface area contributed by atoms with Crippen LogP contribution in [0.25, 0.3) is 11.1 Å². The van der Waals surface area contributed by atoms with Gasteiger partial charge in [-0.3, -0.25) is 9.59 Å². The summed E-state index contributed by atoms with van der Waals surface area (Å²) in [6.07, 6.45) is -0.0258. The number of benzene rings is 4. The van der Waals surface area contributed by atoms with Crippen molar-refractivity contribution in [3.05, 3.63) is 120 Å². The van der Waals surface area contributed by atoms with Crippen LogP contribution in [-0.2, 0) is 22.4 Å². The monoisotopic (exact) mass is 533 g/mol. The largest absolute Gasteiger partial charge is 0.492 e. The summed E-state index contributed by atoms with van der Waals surface area (Å²) in [5.41, 5.74) is 3.84. The van der Waals surface area contributed by atoms with Gasteiger partial charge in [0.05, 0.1) is 31.0 Å². The zero-order chi connectivity index (χ0) is 28.2. The highest BCUT2D eigenvalue weighted by molar-refractivity contribution is 5.79. The van der Waals surface area contributed by atoms with E-state index in [9.17, 15) is 14.9 Å². The van der Waals surface area contributed by atoms with E-state index in [1.807, 2.05) is 84.9 Å². The molecule has 1 unspecified atom stereocenters. The zero-order valence-corrected chi connectivity index (χ0v) is 22.3. The molecule has 0 saturated carbocycles. The van der Waals surface area contributed by atoms with Gasteiger partial charge in [-0.2, -0.15) is 5.26 Å². The molecule has 0 bridgehead atoms. The first-order valence-corrected chi connectivity index (χ1v) is 13.1. The Morgan fingerprint density at radius 3 is 2.17 bits per heavy atom. The van der Waals surface area contributed by atoms with Crippen LogP contribution >= 0.6 is 0 Å². The number of carbonyl (C=O) groups is 2. The lowest BCUT2D eigenvalue weighted by molar-refractivity contribution is -0.122.